The molecule has 0 unspecified atom stereocenters. The summed E-state index contributed by atoms with van der Waals surface area (Å²) >= 11 is 1.19. The Morgan fingerprint density at radius 1 is 1.21 bits per heavy atom. The number of carbonyl (C=O) groups is 1. The predicted octanol–water partition coefficient (Wildman–Crippen LogP) is 4.19. The standard InChI is InChI=1S/C25H22N4O4S/c1-15-9-10-20(32-2)19(12-15)29-24(31)23-22(17-7-3-4-8-18(17)27-23)28-25(29)34-14-21(30)26-13-16-6-5-11-33-16/h3-12,27H,13-14H2,1-2H3,(H,26,30). The molecule has 0 aliphatic heterocycles. The molecule has 0 saturated carbocycles. The number of methoxy groups -OCH3 is 1. The maximum atomic E-state index is 13.7. The van der Waals surface area contributed by atoms with E-state index in [9.17, 15) is 9.59 Å². The molecule has 0 atom stereocenters. The van der Waals surface area contributed by atoms with Crippen molar-refractivity contribution in [1.82, 2.24) is 19.9 Å². The van der Waals surface area contributed by atoms with Gasteiger partial charge in [0.1, 0.15) is 22.5 Å². The highest BCUT2D eigenvalue weighted by Gasteiger charge is 2.20. The van der Waals surface area contributed by atoms with Gasteiger partial charge in [-0.1, -0.05) is 36.0 Å². The fourth-order valence-electron chi connectivity index (χ4n) is 3.81. The van der Waals surface area contributed by atoms with Gasteiger partial charge in [0.2, 0.25) is 5.91 Å². The van der Waals surface area contributed by atoms with Gasteiger partial charge in [0.15, 0.2) is 5.16 Å². The number of fused-ring (bicyclic) bond motifs is 3. The number of carbonyl (C=O) groups excluding carboxylic acids is 1. The number of ether oxygens (including phenoxy) is 1. The van der Waals surface area contributed by atoms with E-state index < -0.39 is 0 Å². The first kappa shape index (κ1) is 21.8. The first-order valence-electron chi connectivity index (χ1n) is 10.7. The van der Waals surface area contributed by atoms with E-state index in [1.807, 2.05) is 49.4 Å². The number of amides is 1. The summed E-state index contributed by atoms with van der Waals surface area (Å²) in [7, 11) is 1.56. The number of hydrogen-bond donors (Lipinski definition) is 2. The molecule has 172 valence electrons. The summed E-state index contributed by atoms with van der Waals surface area (Å²) in [5, 5.41) is 4.07. The largest absolute Gasteiger partial charge is 0.495 e. The molecule has 0 spiro atoms. The second-order valence-electron chi connectivity index (χ2n) is 7.75. The van der Waals surface area contributed by atoms with E-state index in [-0.39, 0.29) is 17.2 Å². The number of para-hydroxylation sites is 1. The Balaban J connectivity index is 1.59. The summed E-state index contributed by atoms with van der Waals surface area (Å²) in [6, 6.07) is 16.8. The van der Waals surface area contributed by atoms with Gasteiger partial charge in [-0.05, 0) is 42.8 Å². The summed E-state index contributed by atoms with van der Waals surface area (Å²) in [6.07, 6.45) is 1.56. The minimum atomic E-state index is -0.261. The minimum absolute atomic E-state index is 0.0785. The Morgan fingerprint density at radius 2 is 2.06 bits per heavy atom. The van der Waals surface area contributed by atoms with Crippen molar-refractivity contribution in [3.8, 4) is 11.4 Å². The topological polar surface area (TPSA) is 102 Å². The smallest absolute Gasteiger partial charge is 0.283 e. The molecule has 5 aromatic rings. The third kappa shape index (κ3) is 4.06. The van der Waals surface area contributed by atoms with Gasteiger partial charge in [-0.15, -0.1) is 0 Å². The van der Waals surface area contributed by atoms with E-state index in [0.717, 1.165) is 16.5 Å². The highest BCUT2D eigenvalue weighted by atomic mass is 32.2. The number of H-pyrrole nitrogens is 1. The van der Waals surface area contributed by atoms with Crippen LogP contribution in [0.15, 0.2) is 75.2 Å². The maximum Gasteiger partial charge on any atom is 0.283 e. The predicted molar refractivity (Wildman–Crippen MR) is 132 cm³/mol. The Morgan fingerprint density at radius 3 is 2.85 bits per heavy atom. The Hall–Kier alpha value is -3.98. The van der Waals surface area contributed by atoms with Crippen LogP contribution in [0, 0.1) is 6.92 Å². The lowest BCUT2D eigenvalue weighted by molar-refractivity contribution is -0.118. The molecule has 0 fully saturated rings. The minimum Gasteiger partial charge on any atom is -0.495 e. The molecular formula is C25H22N4O4S. The number of aromatic amines is 1. The van der Waals surface area contributed by atoms with Crippen LogP contribution in [0.5, 0.6) is 5.75 Å². The molecule has 2 aromatic carbocycles. The van der Waals surface area contributed by atoms with Gasteiger partial charge >= 0.3 is 0 Å². The van der Waals surface area contributed by atoms with Crippen LogP contribution in [0.4, 0.5) is 0 Å². The first-order chi connectivity index (χ1) is 16.5. The van der Waals surface area contributed by atoms with Crippen molar-refractivity contribution in [2.45, 2.75) is 18.6 Å². The molecule has 8 nitrogen and oxygen atoms in total. The van der Waals surface area contributed by atoms with Crippen molar-refractivity contribution in [2.75, 3.05) is 12.9 Å². The molecule has 0 saturated heterocycles. The van der Waals surface area contributed by atoms with Gasteiger partial charge in [0.25, 0.3) is 5.56 Å². The molecule has 3 heterocycles. The van der Waals surface area contributed by atoms with E-state index in [4.69, 9.17) is 14.1 Å². The van der Waals surface area contributed by atoms with E-state index in [0.29, 0.717) is 39.9 Å². The molecule has 0 aliphatic rings. The molecule has 1 amide bonds. The van der Waals surface area contributed by atoms with Crippen LogP contribution in [0.1, 0.15) is 11.3 Å². The van der Waals surface area contributed by atoms with Crippen molar-refractivity contribution >= 4 is 39.6 Å². The fourth-order valence-corrected chi connectivity index (χ4v) is 4.63. The molecule has 5 rings (SSSR count). The molecule has 34 heavy (non-hydrogen) atoms. The third-order valence-corrected chi connectivity index (χ3v) is 6.38. The van der Waals surface area contributed by atoms with Crippen LogP contribution in [0.2, 0.25) is 0 Å². The molecule has 0 radical (unpaired) electrons. The monoisotopic (exact) mass is 474 g/mol. The van der Waals surface area contributed by atoms with Crippen LogP contribution >= 0.6 is 11.8 Å². The Kier molecular flexibility index (Phi) is 5.85. The van der Waals surface area contributed by atoms with E-state index in [1.54, 1.807) is 25.5 Å². The first-order valence-corrected chi connectivity index (χ1v) is 11.6. The summed E-state index contributed by atoms with van der Waals surface area (Å²) in [5.41, 5.74) is 3.07. The number of benzene rings is 2. The average molecular weight is 475 g/mol. The number of nitrogens with one attached hydrogen (secondary N) is 2. The van der Waals surface area contributed by atoms with E-state index >= 15 is 0 Å². The molecule has 2 N–H and O–H groups in total. The molecule has 9 heteroatoms. The second-order valence-corrected chi connectivity index (χ2v) is 8.69. The SMILES string of the molecule is COc1ccc(C)cc1-n1c(SCC(=O)NCc2ccco2)nc2c([nH]c3ccccc32)c1=O. The maximum absolute atomic E-state index is 13.7. The number of thioether (sulfide) groups is 1. The lowest BCUT2D eigenvalue weighted by atomic mass is 10.2. The lowest BCUT2D eigenvalue weighted by Gasteiger charge is -2.15. The quantitative estimate of drug-likeness (QED) is 0.271. The van der Waals surface area contributed by atoms with Crippen molar-refractivity contribution in [1.29, 1.82) is 0 Å². The van der Waals surface area contributed by atoms with Crippen molar-refractivity contribution in [3.63, 3.8) is 0 Å². The zero-order valence-electron chi connectivity index (χ0n) is 18.6. The zero-order valence-corrected chi connectivity index (χ0v) is 19.4. The summed E-state index contributed by atoms with van der Waals surface area (Å²) < 4.78 is 12.3. The highest BCUT2D eigenvalue weighted by Crippen LogP contribution is 2.30. The number of rotatable bonds is 7. The second kappa shape index (κ2) is 9.11. The Bertz CT molecular complexity index is 1550. The number of aromatic nitrogens is 3. The fraction of sp³-hybridized carbons (Fsp3) is 0.160. The van der Waals surface area contributed by atoms with Crippen LogP contribution in [-0.4, -0.2) is 33.3 Å². The average Bonchev–Trinajstić information content (AvgIpc) is 3.50. The van der Waals surface area contributed by atoms with Crippen molar-refractivity contribution in [3.05, 3.63) is 82.5 Å². The van der Waals surface area contributed by atoms with Crippen LogP contribution < -0.4 is 15.6 Å². The molecule has 3 aromatic heterocycles. The van der Waals surface area contributed by atoms with Crippen molar-refractivity contribution < 1.29 is 13.9 Å². The van der Waals surface area contributed by atoms with Gasteiger partial charge in [0.05, 0.1) is 31.4 Å². The highest BCUT2D eigenvalue weighted by molar-refractivity contribution is 7.99. The lowest BCUT2D eigenvalue weighted by Crippen LogP contribution is -2.26. The summed E-state index contributed by atoms with van der Waals surface area (Å²) in [6.45, 7) is 2.23. The summed E-state index contributed by atoms with van der Waals surface area (Å²) in [5.74, 6) is 1.08. The van der Waals surface area contributed by atoms with Gasteiger partial charge in [0, 0.05) is 10.9 Å². The van der Waals surface area contributed by atoms with Crippen LogP contribution in [-0.2, 0) is 11.3 Å². The zero-order chi connectivity index (χ0) is 23.7. The number of hydrogen-bond acceptors (Lipinski definition) is 6. The number of nitrogens with zero attached hydrogens (tertiary/aromatic N) is 2. The van der Waals surface area contributed by atoms with E-state index in [1.165, 1.54) is 16.3 Å². The van der Waals surface area contributed by atoms with Gasteiger partial charge in [-0.3, -0.25) is 9.59 Å². The summed E-state index contributed by atoms with van der Waals surface area (Å²) in [4.78, 5) is 34.3. The third-order valence-electron chi connectivity index (χ3n) is 5.44. The van der Waals surface area contributed by atoms with E-state index in [2.05, 4.69) is 10.3 Å². The number of aryl methyl sites for hydroxylation is 1. The Labute approximate surface area is 198 Å². The normalized spacial score (nSPS) is 11.2. The van der Waals surface area contributed by atoms with Crippen LogP contribution in [0.25, 0.3) is 27.6 Å². The van der Waals surface area contributed by atoms with Crippen LogP contribution in [0.3, 0.4) is 0 Å². The molecule has 0 bridgehead atoms. The van der Waals surface area contributed by atoms with Gasteiger partial charge in [-0.2, -0.15) is 0 Å². The molecule has 0 aliphatic carbocycles. The van der Waals surface area contributed by atoms with Gasteiger partial charge in [-0.25, -0.2) is 9.55 Å². The number of furan rings is 1. The van der Waals surface area contributed by atoms with Gasteiger partial charge < -0.3 is 19.5 Å². The molecular weight excluding hydrogens is 452 g/mol. The van der Waals surface area contributed by atoms with Crippen molar-refractivity contribution in [2.24, 2.45) is 0 Å².